The second-order valence-corrected chi connectivity index (χ2v) is 4.86. The lowest BCUT2D eigenvalue weighted by Gasteiger charge is -2.09. The predicted molar refractivity (Wildman–Crippen MR) is 81.2 cm³/mol. The number of anilines is 1. The first-order chi connectivity index (χ1) is 10.1. The number of hydrogen-bond donors (Lipinski definition) is 2. The lowest BCUT2D eigenvalue weighted by Crippen LogP contribution is -2.31. The summed E-state index contributed by atoms with van der Waals surface area (Å²) in [5, 5.41) is 5.47. The van der Waals surface area contributed by atoms with Crippen molar-refractivity contribution < 1.29 is 9.59 Å². The molecule has 0 aliphatic heterocycles. The lowest BCUT2D eigenvalue weighted by molar-refractivity contribution is 0.0938. The maximum atomic E-state index is 12.1. The Labute approximate surface area is 123 Å². The van der Waals surface area contributed by atoms with Gasteiger partial charge < -0.3 is 10.6 Å². The van der Waals surface area contributed by atoms with Gasteiger partial charge in [0.25, 0.3) is 11.8 Å². The number of aromatic nitrogens is 1. The Balaban J connectivity index is 2.13. The molecule has 0 aliphatic rings. The fourth-order valence-electron chi connectivity index (χ4n) is 1.74. The van der Waals surface area contributed by atoms with Crippen LogP contribution in [0.1, 0.15) is 34.8 Å². The second-order valence-electron chi connectivity index (χ2n) is 4.86. The van der Waals surface area contributed by atoms with Crippen molar-refractivity contribution in [1.82, 2.24) is 10.3 Å². The smallest absolute Gasteiger partial charge is 0.274 e. The van der Waals surface area contributed by atoms with Gasteiger partial charge in [0.1, 0.15) is 11.4 Å². The van der Waals surface area contributed by atoms with Gasteiger partial charge in [0.2, 0.25) is 0 Å². The van der Waals surface area contributed by atoms with Gasteiger partial charge in [-0.2, -0.15) is 0 Å². The minimum atomic E-state index is -0.347. The highest BCUT2D eigenvalue weighted by atomic mass is 16.2. The van der Waals surface area contributed by atoms with Gasteiger partial charge in [0, 0.05) is 11.7 Å². The number of para-hydroxylation sites is 1. The summed E-state index contributed by atoms with van der Waals surface area (Å²) < 4.78 is 0. The average Bonchev–Trinajstić information content (AvgIpc) is 2.47. The first kappa shape index (κ1) is 14.7. The summed E-state index contributed by atoms with van der Waals surface area (Å²) in [6.07, 6.45) is 0. The van der Waals surface area contributed by atoms with Crippen LogP contribution in [-0.2, 0) is 0 Å². The Morgan fingerprint density at radius 1 is 0.905 bits per heavy atom. The molecule has 21 heavy (non-hydrogen) atoms. The number of benzene rings is 1. The molecule has 108 valence electrons. The fourth-order valence-corrected chi connectivity index (χ4v) is 1.74. The van der Waals surface area contributed by atoms with Crippen LogP contribution in [-0.4, -0.2) is 22.8 Å². The number of carbonyl (C=O) groups is 2. The molecule has 0 unspecified atom stereocenters. The highest BCUT2D eigenvalue weighted by molar-refractivity contribution is 6.03. The topological polar surface area (TPSA) is 71.1 Å². The Morgan fingerprint density at radius 2 is 1.52 bits per heavy atom. The van der Waals surface area contributed by atoms with Crippen molar-refractivity contribution in [2.75, 3.05) is 5.32 Å². The van der Waals surface area contributed by atoms with Crippen LogP contribution in [0.4, 0.5) is 5.69 Å². The van der Waals surface area contributed by atoms with Crippen LogP contribution >= 0.6 is 0 Å². The molecule has 5 nitrogen and oxygen atoms in total. The third-order valence-electron chi connectivity index (χ3n) is 2.67. The molecule has 0 saturated heterocycles. The first-order valence-corrected chi connectivity index (χ1v) is 6.70. The van der Waals surface area contributed by atoms with Gasteiger partial charge in [-0.05, 0) is 38.1 Å². The summed E-state index contributed by atoms with van der Waals surface area (Å²) in [5.74, 6) is -0.639. The third kappa shape index (κ3) is 4.14. The van der Waals surface area contributed by atoms with E-state index in [0.717, 1.165) is 0 Å². The molecule has 1 aromatic carbocycles. The van der Waals surface area contributed by atoms with Crippen LogP contribution in [0.5, 0.6) is 0 Å². The lowest BCUT2D eigenvalue weighted by atomic mass is 10.2. The zero-order valence-electron chi connectivity index (χ0n) is 12.0. The van der Waals surface area contributed by atoms with Gasteiger partial charge in [-0.25, -0.2) is 4.98 Å². The van der Waals surface area contributed by atoms with Crippen molar-refractivity contribution in [2.24, 2.45) is 0 Å². The van der Waals surface area contributed by atoms with Gasteiger partial charge in [0.05, 0.1) is 0 Å². The molecule has 2 N–H and O–H groups in total. The van der Waals surface area contributed by atoms with E-state index in [1.165, 1.54) is 0 Å². The van der Waals surface area contributed by atoms with Crippen molar-refractivity contribution in [2.45, 2.75) is 19.9 Å². The molecule has 5 heteroatoms. The van der Waals surface area contributed by atoms with E-state index in [-0.39, 0.29) is 29.2 Å². The maximum absolute atomic E-state index is 12.1. The molecule has 1 heterocycles. The van der Waals surface area contributed by atoms with E-state index in [2.05, 4.69) is 15.6 Å². The van der Waals surface area contributed by atoms with Gasteiger partial charge in [-0.1, -0.05) is 24.3 Å². The van der Waals surface area contributed by atoms with E-state index in [9.17, 15) is 9.59 Å². The van der Waals surface area contributed by atoms with Gasteiger partial charge in [-0.15, -0.1) is 0 Å². The van der Waals surface area contributed by atoms with Crippen LogP contribution in [0.15, 0.2) is 48.5 Å². The Kier molecular flexibility index (Phi) is 4.66. The second kappa shape index (κ2) is 6.65. The zero-order chi connectivity index (χ0) is 15.2. The van der Waals surface area contributed by atoms with E-state index in [4.69, 9.17) is 0 Å². The number of amides is 2. The van der Waals surface area contributed by atoms with Gasteiger partial charge >= 0.3 is 0 Å². The van der Waals surface area contributed by atoms with Crippen LogP contribution in [0.3, 0.4) is 0 Å². The SMILES string of the molecule is CC(C)NC(=O)c1cccc(C(=O)Nc2ccccc2)n1. The summed E-state index contributed by atoms with van der Waals surface area (Å²) >= 11 is 0. The van der Waals surface area contributed by atoms with Crippen molar-refractivity contribution in [1.29, 1.82) is 0 Å². The normalized spacial score (nSPS) is 10.2. The molecular formula is C16H17N3O2. The molecule has 0 saturated carbocycles. The Morgan fingerprint density at radius 3 is 2.14 bits per heavy atom. The van der Waals surface area contributed by atoms with E-state index in [1.54, 1.807) is 30.3 Å². The minimum Gasteiger partial charge on any atom is -0.349 e. The Bertz CT molecular complexity index is 639. The third-order valence-corrected chi connectivity index (χ3v) is 2.67. The largest absolute Gasteiger partial charge is 0.349 e. The molecule has 0 fully saturated rings. The van der Waals surface area contributed by atoms with Gasteiger partial charge in [-0.3, -0.25) is 9.59 Å². The molecule has 0 radical (unpaired) electrons. The number of carbonyl (C=O) groups excluding carboxylic acids is 2. The number of nitrogens with one attached hydrogen (secondary N) is 2. The molecule has 0 spiro atoms. The molecule has 2 rings (SSSR count). The summed E-state index contributed by atoms with van der Waals surface area (Å²) in [6, 6.07) is 13.9. The highest BCUT2D eigenvalue weighted by Crippen LogP contribution is 2.08. The molecule has 2 aromatic rings. The first-order valence-electron chi connectivity index (χ1n) is 6.70. The summed E-state index contributed by atoms with van der Waals surface area (Å²) in [7, 11) is 0. The molecular weight excluding hydrogens is 266 g/mol. The highest BCUT2D eigenvalue weighted by Gasteiger charge is 2.13. The van der Waals surface area contributed by atoms with Crippen LogP contribution in [0, 0.1) is 0 Å². The number of rotatable bonds is 4. The standard InChI is InChI=1S/C16H17N3O2/c1-11(2)17-15(20)13-9-6-10-14(19-13)16(21)18-12-7-4-3-5-8-12/h3-11H,1-2H3,(H,17,20)(H,18,21). The summed E-state index contributed by atoms with van der Waals surface area (Å²) in [5.41, 5.74) is 1.11. The zero-order valence-corrected chi connectivity index (χ0v) is 12.0. The van der Waals surface area contributed by atoms with Crippen molar-refractivity contribution >= 4 is 17.5 Å². The van der Waals surface area contributed by atoms with Crippen molar-refractivity contribution in [3.8, 4) is 0 Å². The van der Waals surface area contributed by atoms with Crippen molar-refractivity contribution in [3.63, 3.8) is 0 Å². The molecule has 0 atom stereocenters. The van der Waals surface area contributed by atoms with Gasteiger partial charge in [0.15, 0.2) is 0 Å². The van der Waals surface area contributed by atoms with Crippen LogP contribution in [0.2, 0.25) is 0 Å². The van der Waals surface area contributed by atoms with Crippen molar-refractivity contribution in [3.05, 3.63) is 59.9 Å². The molecule has 0 aliphatic carbocycles. The monoisotopic (exact) mass is 283 g/mol. The quantitative estimate of drug-likeness (QED) is 0.905. The number of hydrogen-bond acceptors (Lipinski definition) is 3. The van der Waals surface area contributed by atoms with E-state index in [0.29, 0.717) is 5.69 Å². The summed E-state index contributed by atoms with van der Waals surface area (Å²) in [4.78, 5) is 28.1. The molecule has 1 aromatic heterocycles. The average molecular weight is 283 g/mol. The minimum absolute atomic E-state index is 0.0149. The maximum Gasteiger partial charge on any atom is 0.274 e. The number of pyridine rings is 1. The molecule has 2 amide bonds. The molecule has 0 bridgehead atoms. The van der Waals surface area contributed by atoms with E-state index < -0.39 is 0 Å². The van der Waals surface area contributed by atoms with Crippen LogP contribution in [0.25, 0.3) is 0 Å². The Hall–Kier alpha value is -2.69. The number of nitrogens with zero attached hydrogens (tertiary/aromatic N) is 1. The predicted octanol–water partition coefficient (Wildman–Crippen LogP) is 2.47. The van der Waals surface area contributed by atoms with E-state index in [1.807, 2.05) is 32.0 Å². The van der Waals surface area contributed by atoms with Crippen LogP contribution < -0.4 is 10.6 Å². The summed E-state index contributed by atoms with van der Waals surface area (Å²) in [6.45, 7) is 3.73. The van der Waals surface area contributed by atoms with E-state index >= 15 is 0 Å². The fraction of sp³-hybridized carbons (Fsp3) is 0.188.